The minimum Gasteiger partial charge on any atom is -0.384 e. The van der Waals surface area contributed by atoms with Crippen molar-refractivity contribution in [1.29, 1.82) is 0 Å². The maximum atomic E-state index is 12.8. The fourth-order valence-electron chi connectivity index (χ4n) is 3.71. The van der Waals surface area contributed by atoms with Crippen LogP contribution in [0, 0.1) is 0 Å². The molecular weight excluding hydrogens is 411 g/mol. The fraction of sp³-hybridized carbons (Fsp3) is 0.400. The Morgan fingerprint density at radius 2 is 1.87 bits per heavy atom. The summed E-state index contributed by atoms with van der Waals surface area (Å²) in [7, 11) is 1.54. The van der Waals surface area contributed by atoms with Gasteiger partial charge in [-0.05, 0) is 24.1 Å². The molecule has 1 fully saturated rings. The lowest BCUT2D eigenvalue weighted by atomic mass is 10.1. The van der Waals surface area contributed by atoms with Gasteiger partial charge in [0.25, 0.3) is 5.91 Å². The maximum Gasteiger partial charge on any atom is 0.449 e. The van der Waals surface area contributed by atoms with E-state index in [-0.39, 0.29) is 22.5 Å². The first-order valence-corrected chi connectivity index (χ1v) is 10.1. The average Bonchev–Trinajstić information content (AvgIpc) is 3.33. The van der Waals surface area contributed by atoms with Gasteiger partial charge in [-0.3, -0.25) is 4.79 Å². The molecule has 2 aromatic heterocycles. The van der Waals surface area contributed by atoms with Crippen LogP contribution in [-0.2, 0) is 12.6 Å². The summed E-state index contributed by atoms with van der Waals surface area (Å²) in [6, 6.07) is 8.25. The van der Waals surface area contributed by atoms with Crippen LogP contribution >= 0.6 is 0 Å². The number of benzene rings is 1. The van der Waals surface area contributed by atoms with E-state index >= 15 is 0 Å². The molecule has 1 aliphatic rings. The van der Waals surface area contributed by atoms with Crippen molar-refractivity contribution < 1.29 is 18.0 Å². The van der Waals surface area contributed by atoms with E-state index in [2.05, 4.69) is 47.9 Å². The second kappa shape index (κ2) is 8.50. The van der Waals surface area contributed by atoms with Crippen LogP contribution in [0.3, 0.4) is 0 Å². The Hall–Kier alpha value is -3.21. The van der Waals surface area contributed by atoms with E-state index in [9.17, 15) is 18.0 Å². The largest absolute Gasteiger partial charge is 0.449 e. The Bertz CT molecular complexity index is 1050. The minimum atomic E-state index is -4.59. The zero-order valence-corrected chi connectivity index (χ0v) is 17.0. The first-order valence-electron chi connectivity index (χ1n) is 10.1. The van der Waals surface area contributed by atoms with Gasteiger partial charge in [0.2, 0.25) is 5.82 Å². The van der Waals surface area contributed by atoms with Gasteiger partial charge in [0, 0.05) is 45.5 Å². The highest BCUT2D eigenvalue weighted by Gasteiger charge is 2.36. The SMILES string of the molecule is CNc1c(C(=O)NCCc2ccc(N3CCNCC3)cc2)[nH]c2nc(C(F)(F)F)[nH]c12. The molecule has 0 unspecified atom stereocenters. The van der Waals surface area contributed by atoms with Gasteiger partial charge in [0.15, 0.2) is 5.65 Å². The van der Waals surface area contributed by atoms with E-state index < -0.39 is 17.9 Å². The lowest BCUT2D eigenvalue weighted by Gasteiger charge is -2.29. The second-order valence-corrected chi connectivity index (χ2v) is 7.34. The summed E-state index contributed by atoms with van der Waals surface area (Å²) in [5, 5.41) is 8.90. The van der Waals surface area contributed by atoms with Crippen LogP contribution in [0.25, 0.3) is 11.2 Å². The Labute approximate surface area is 176 Å². The quantitative estimate of drug-likeness (QED) is 0.409. The van der Waals surface area contributed by atoms with Crippen LogP contribution in [0.1, 0.15) is 21.9 Å². The van der Waals surface area contributed by atoms with Crippen LogP contribution in [0.2, 0.25) is 0 Å². The summed E-state index contributed by atoms with van der Waals surface area (Å²) < 4.78 is 38.5. The monoisotopic (exact) mass is 435 g/mol. The number of halogens is 3. The number of alkyl halides is 3. The fourth-order valence-corrected chi connectivity index (χ4v) is 3.71. The number of aromatic amines is 2. The van der Waals surface area contributed by atoms with Gasteiger partial charge in [-0.25, -0.2) is 4.98 Å². The lowest BCUT2D eigenvalue weighted by Crippen LogP contribution is -2.43. The summed E-state index contributed by atoms with van der Waals surface area (Å²) >= 11 is 0. The van der Waals surface area contributed by atoms with Crippen molar-refractivity contribution in [2.24, 2.45) is 0 Å². The van der Waals surface area contributed by atoms with Crippen molar-refractivity contribution in [1.82, 2.24) is 25.6 Å². The molecule has 0 spiro atoms. The standard InChI is InChI=1S/C20H24F3N7O/c1-24-14-15-17(29-19(28-15)20(21,22)23)27-16(14)18(31)26-7-6-12-2-4-13(5-3-12)30-10-8-25-9-11-30/h2-5,24-25,27H,6-11H2,1H3,(H,26,31)(H,28,29). The summed E-state index contributed by atoms with van der Waals surface area (Å²) in [5.74, 6) is -1.52. The van der Waals surface area contributed by atoms with Crippen molar-refractivity contribution in [2.45, 2.75) is 12.6 Å². The predicted octanol–water partition coefficient (Wildman–Crippen LogP) is 2.33. The highest BCUT2D eigenvalue weighted by molar-refractivity contribution is 6.06. The first kappa shape index (κ1) is 21.0. The number of hydrogen-bond donors (Lipinski definition) is 5. The Morgan fingerprint density at radius 1 is 1.16 bits per heavy atom. The molecular formula is C20H24F3N7O. The highest BCUT2D eigenvalue weighted by atomic mass is 19.4. The van der Waals surface area contributed by atoms with Crippen LogP contribution in [-0.4, -0.2) is 60.6 Å². The van der Waals surface area contributed by atoms with Crippen molar-refractivity contribution in [3.05, 3.63) is 41.3 Å². The number of nitrogens with one attached hydrogen (secondary N) is 5. The van der Waals surface area contributed by atoms with E-state index in [4.69, 9.17) is 0 Å². The topological polar surface area (TPSA) is 101 Å². The highest BCUT2D eigenvalue weighted by Crippen LogP contribution is 2.32. The smallest absolute Gasteiger partial charge is 0.384 e. The average molecular weight is 435 g/mol. The Morgan fingerprint density at radius 3 is 2.52 bits per heavy atom. The molecule has 3 heterocycles. The van der Waals surface area contributed by atoms with Crippen molar-refractivity contribution in [3.63, 3.8) is 0 Å². The predicted molar refractivity (Wildman–Crippen MR) is 113 cm³/mol. The number of amides is 1. The third-order valence-corrected chi connectivity index (χ3v) is 5.31. The number of rotatable bonds is 6. The number of carbonyl (C=O) groups excluding carboxylic acids is 1. The molecule has 1 aromatic carbocycles. The molecule has 0 atom stereocenters. The normalized spacial score (nSPS) is 14.8. The van der Waals surface area contributed by atoms with Gasteiger partial charge in [-0.15, -0.1) is 0 Å². The zero-order valence-electron chi connectivity index (χ0n) is 17.0. The molecule has 166 valence electrons. The van der Waals surface area contributed by atoms with Gasteiger partial charge in [-0.2, -0.15) is 13.2 Å². The van der Waals surface area contributed by atoms with E-state index in [0.717, 1.165) is 31.7 Å². The van der Waals surface area contributed by atoms with Crippen molar-refractivity contribution >= 4 is 28.4 Å². The van der Waals surface area contributed by atoms with Gasteiger partial charge < -0.3 is 30.8 Å². The van der Waals surface area contributed by atoms with Crippen LogP contribution < -0.4 is 20.9 Å². The first-order chi connectivity index (χ1) is 14.9. The van der Waals surface area contributed by atoms with Crippen molar-refractivity contribution in [3.8, 4) is 0 Å². The zero-order chi connectivity index (χ0) is 22.0. The number of nitrogens with zero attached hydrogens (tertiary/aromatic N) is 2. The molecule has 0 saturated carbocycles. The number of fused-ring (bicyclic) bond motifs is 1. The lowest BCUT2D eigenvalue weighted by molar-refractivity contribution is -0.144. The third kappa shape index (κ3) is 4.46. The summed E-state index contributed by atoms with van der Waals surface area (Å²) in [5.41, 5.74) is 2.74. The van der Waals surface area contributed by atoms with Crippen LogP contribution in [0.15, 0.2) is 24.3 Å². The molecule has 1 amide bonds. The number of hydrogen-bond acceptors (Lipinski definition) is 5. The van der Waals surface area contributed by atoms with E-state index in [1.807, 2.05) is 12.1 Å². The summed E-state index contributed by atoms with van der Waals surface area (Å²) in [6.45, 7) is 4.30. The number of aromatic nitrogens is 3. The molecule has 1 aliphatic heterocycles. The second-order valence-electron chi connectivity index (χ2n) is 7.34. The molecule has 11 heteroatoms. The number of piperazine rings is 1. The summed E-state index contributed by atoms with van der Waals surface area (Å²) in [6.07, 6.45) is -3.95. The van der Waals surface area contributed by atoms with Gasteiger partial charge >= 0.3 is 6.18 Å². The summed E-state index contributed by atoms with van der Waals surface area (Å²) in [4.78, 5) is 23.3. The third-order valence-electron chi connectivity index (χ3n) is 5.31. The molecule has 3 aromatic rings. The minimum absolute atomic E-state index is 0.0228. The molecule has 0 radical (unpaired) electrons. The molecule has 31 heavy (non-hydrogen) atoms. The molecule has 0 bridgehead atoms. The molecule has 5 N–H and O–H groups in total. The van der Waals surface area contributed by atoms with Crippen LogP contribution in [0.4, 0.5) is 24.5 Å². The molecule has 8 nitrogen and oxygen atoms in total. The number of H-pyrrole nitrogens is 2. The Kier molecular flexibility index (Phi) is 5.77. The van der Waals surface area contributed by atoms with Gasteiger partial charge in [-0.1, -0.05) is 12.1 Å². The number of carbonyl (C=O) groups is 1. The van der Waals surface area contributed by atoms with E-state index in [1.54, 1.807) is 0 Å². The number of imidazole rings is 1. The molecule has 0 aliphatic carbocycles. The van der Waals surface area contributed by atoms with Crippen molar-refractivity contribution in [2.75, 3.05) is 50.0 Å². The van der Waals surface area contributed by atoms with E-state index in [0.29, 0.717) is 13.0 Å². The van der Waals surface area contributed by atoms with Gasteiger partial charge in [0.05, 0.1) is 5.69 Å². The van der Waals surface area contributed by atoms with Crippen LogP contribution in [0.5, 0.6) is 0 Å². The maximum absolute atomic E-state index is 12.8. The molecule has 1 saturated heterocycles. The van der Waals surface area contributed by atoms with Gasteiger partial charge in [0.1, 0.15) is 11.2 Å². The number of anilines is 2. The molecule has 4 rings (SSSR count). The van der Waals surface area contributed by atoms with E-state index in [1.165, 1.54) is 12.7 Å². The Balaban J connectivity index is 1.37.